The normalized spacial score (nSPS) is 11.2. The molecule has 1 atom stereocenters. The molecule has 31 heavy (non-hydrogen) atoms. The molecule has 158 valence electrons. The topological polar surface area (TPSA) is 93.7 Å². The van der Waals surface area contributed by atoms with Gasteiger partial charge in [-0.25, -0.2) is 4.79 Å². The van der Waals surface area contributed by atoms with Crippen LogP contribution in [0.1, 0.15) is 24.2 Å². The number of carbonyl (C=O) groups is 3. The van der Waals surface area contributed by atoms with Crippen molar-refractivity contribution in [2.24, 2.45) is 0 Å². The zero-order chi connectivity index (χ0) is 22.2. The van der Waals surface area contributed by atoms with E-state index in [0.717, 1.165) is 0 Å². The minimum Gasteiger partial charge on any atom is -0.457 e. The molecule has 7 heteroatoms. The summed E-state index contributed by atoms with van der Waals surface area (Å²) in [6.07, 6.45) is -0.997. The number of esters is 1. The van der Waals surface area contributed by atoms with E-state index in [1.165, 1.54) is 26.0 Å². The van der Waals surface area contributed by atoms with Crippen LogP contribution in [0.15, 0.2) is 78.9 Å². The molecule has 0 aromatic heterocycles. The van der Waals surface area contributed by atoms with Gasteiger partial charge in [0.2, 0.25) is 5.91 Å². The van der Waals surface area contributed by atoms with Gasteiger partial charge in [0.25, 0.3) is 5.91 Å². The molecule has 0 radical (unpaired) electrons. The molecule has 0 bridgehead atoms. The van der Waals surface area contributed by atoms with Crippen LogP contribution in [0, 0.1) is 0 Å². The standard InChI is InChI=1S/C24H22N2O5/c1-16(30-24(29)18-8-10-19(11-9-18)25-17(2)27)23(28)26-20-12-14-22(15-13-20)31-21-6-4-3-5-7-21/h3-16H,1-2H3,(H,25,27)(H,26,28)/t16-/m0/s1. The highest BCUT2D eigenvalue weighted by Gasteiger charge is 2.19. The van der Waals surface area contributed by atoms with Crippen LogP contribution in [0.25, 0.3) is 0 Å². The van der Waals surface area contributed by atoms with Crippen LogP contribution >= 0.6 is 0 Å². The van der Waals surface area contributed by atoms with Crippen molar-refractivity contribution in [1.29, 1.82) is 0 Å². The van der Waals surface area contributed by atoms with Crippen LogP contribution in [-0.4, -0.2) is 23.9 Å². The highest BCUT2D eigenvalue weighted by molar-refractivity contribution is 5.97. The van der Waals surface area contributed by atoms with E-state index in [4.69, 9.17) is 9.47 Å². The van der Waals surface area contributed by atoms with Crippen molar-refractivity contribution in [3.8, 4) is 11.5 Å². The third-order valence-corrected chi connectivity index (χ3v) is 4.19. The van der Waals surface area contributed by atoms with E-state index in [9.17, 15) is 14.4 Å². The maximum Gasteiger partial charge on any atom is 0.338 e. The number of para-hydroxylation sites is 1. The Balaban J connectivity index is 1.52. The van der Waals surface area contributed by atoms with Crippen LogP contribution in [0.4, 0.5) is 11.4 Å². The molecule has 0 saturated carbocycles. The van der Waals surface area contributed by atoms with Gasteiger partial charge in [-0.2, -0.15) is 0 Å². The molecular weight excluding hydrogens is 396 g/mol. The summed E-state index contributed by atoms with van der Waals surface area (Å²) < 4.78 is 10.9. The van der Waals surface area contributed by atoms with Crippen molar-refractivity contribution in [2.45, 2.75) is 20.0 Å². The second-order valence-corrected chi connectivity index (χ2v) is 6.73. The summed E-state index contributed by atoms with van der Waals surface area (Å²) in [5, 5.41) is 5.31. The van der Waals surface area contributed by atoms with E-state index in [1.807, 2.05) is 30.3 Å². The molecule has 3 rings (SSSR count). The average molecular weight is 418 g/mol. The second-order valence-electron chi connectivity index (χ2n) is 6.73. The lowest BCUT2D eigenvalue weighted by Crippen LogP contribution is -2.30. The number of hydrogen-bond donors (Lipinski definition) is 2. The third kappa shape index (κ3) is 6.43. The van der Waals surface area contributed by atoms with Gasteiger partial charge in [-0.15, -0.1) is 0 Å². The zero-order valence-corrected chi connectivity index (χ0v) is 17.1. The van der Waals surface area contributed by atoms with Crippen LogP contribution in [0.5, 0.6) is 11.5 Å². The van der Waals surface area contributed by atoms with Crippen molar-refractivity contribution in [3.05, 3.63) is 84.4 Å². The Morgan fingerprint density at radius 2 is 1.29 bits per heavy atom. The van der Waals surface area contributed by atoms with Crippen LogP contribution in [0.2, 0.25) is 0 Å². The average Bonchev–Trinajstić information content (AvgIpc) is 2.76. The van der Waals surface area contributed by atoms with Crippen molar-refractivity contribution in [2.75, 3.05) is 10.6 Å². The molecule has 0 aliphatic rings. The van der Waals surface area contributed by atoms with Crippen LogP contribution < -0.4 is 15.4 Å². The Morgan fingerprint density at radius 1 is 0.742 bits per heavy atom. The van der Waals surface area contributed by atoms with E-state index in [0.29, 0.717) is 22.9 Å². The first-order valence-electron chi connectivity index (χ1n) is 9.63. The van der Waals surface area contributed by atoms with Crippen molar-refractivity contribution >= 4 is 29.2 Å². The van der Waals surface area contributed by atoms with E-state index in [-0.39, 0.29) is 11.5 Å². The fourth-order valence-electron chi connectivity index (χ4n) is 2.65. The van der Waals surface area contributed by atoms with Gasteiger partial charge in [0.05, 0.1) is 5.56 Å². The smallest absolute Gasteiger partial charge is 0.338 e. The summed E-state index contributed by atoms with van der Waals surface area (Å²) in [7, 11) is 0. The lowest BCUT2D eigenvalue weighted by molar-refractivity contribution is -0.123. The Morgan fingerprint density at radius 3 is 1.90 bits per heavy atom. The van der Waals surface area contributed by atoms with E-state index >= 15 is 0 Å². The van der Waals surface area contributed by atoms with E-state index < -0.39 is 18.0 Å². The summed E-state index contributed by atoms with van der Waals surface area (Å²) in [5.41, 5.74) is 1.39. The molecule has 0 saturated heterocycles. The molecule has 0 unspecified atom stereocenters. The molecule has 0 heterocycles. The molecule has 0 aliphatic heterocycles. The summed E-state index contributed by atoms with van der Waals surface area (Å²) in [6, 6.07) is 22.4. The maximum absolute atomic E-state index is 12.4. The minimum absolute atomic E-state index is 0.208. The predicted molar refractivity (Wildman–Crippen MR) is 117 cm³/mol. The Labute approximate surface area is 180 Å². The fourth-order valence-corrected chi connectivity index (χ4v) is 2.65. The zero-order valence-electron chi connectivity index (χ0n) is 17.1. The number of carbonyl (C=O) groups excluding carboxylic acids is 3. The van der Waals surface area contributed by atoms with Gasteiger partial charge in [0, 0.05) is 18.3 Å². The number of ether oxygens (including phenoxy) is 2. The van der Waals surface area contributed by atoms with Crippen LogP contribution in [0.3, 0.4) is 0 Å². The van der Waals surface area contributed by atoms with E-state index in [2.05, 4.69) is 10.6 Å². The quantitative estimate of drug-likeness (QED) is 0.546. The monoisotopic (exact) mass is 418 g/mol. The van der Waals surface area contributed by atoms with Gasteiger partial charge in [0.15, 0.2) is 6.10 Å². The van der Waals surface area contributed by atoms with Gasteiger partial charge in [-0.1, -0.05) is 18.2 Å². The first kappa shape index (κ1) is 21.6. The predicted octanol–water partition coefficient (Wildman–Crippen LogP) is 4.62. The first-order valence-corrected chi connectivity index (χ1v) is 9.63. The molecular formula is C24H22N2O5. The Bertz CT molecular complexity index is 1050. The Kier molecular flexibility index (Phi) is 7.01. The fraction of sp³-hybridized carbons (Fsp3) is 0.125. The molecule has 7 nitrogen and oxygen atoms in total. The number of benzene rings is 3. The molecule has 3 aromatic carbocycles. The van der Waals surface area contributed by atoms with Crippen LogP contribution in [-0.2, 0) is 14.3 Å². The Hall–Kier alpha value is -4.13. The summed E-state index contributed by atoms with van der Waals surface area (Å²) in [5.74, 6) is 0.0418. The van der Waals surface area contributed by atoms with Gasteiger partial charge in [-0.05, 0) is 67.6 Å². The second kappa shape index (κ2) is 10.1. The summed E-state index contributed by atoms with van der Waals surface area (Å²) in [6.45, 7) is 2.89. The number of hydrogen-bond acceptors (Lipinski definition) is 5. The molecule has 0 aliphatic carbocycles. The third-order valence-electron chi connectivity index (χ3n) is 4.19. The molecule has 0 fully saturated rings. The molecule has 2 N–H and O–H groups in total. The van der Waals surface area contributed by atoms with Gasteiger partial charge >= 0.3 is 5.97 Å². The van der Waals surface area contributed by atoms with E-state index in [1.54, 1.807) is 36.4 Å². The SMILES string of the molecule is CC(=O)Nc1ccc(C(=O)O[C@@H](C)C(=O)Nc2ccc(Oc3ccccc3)cc2)cc1. The number of nitrogens with one attached hydrogen (secondary N) is 2. The number of amides is 2. The molecule has 3 aromatic rings. The maximum atomic E-state index is 12.4. The van der Waals surface area contributed by atoms with Crippen molar-refractivity contribution in [3.63, 3.8) is 0 Å². The number of anilines is 2. The summed E-state index contributed by atoms with van der Waals surface area (Å²) in [4.78, 5) is 35.7. The minimum atomic E-state index is -0.997. The largest absolute Gasteiger partial charge is 0.457 e. The highest BCUT2D eigenvalue weighted by Crippen LogP contribution is 2.22. The van der Waals surface area contributed by atoms with Crippen molar-refractivity contribution < 1.29 is 23.9 Å². The van der Waals surface area contributed by atoms with Crippen molar-refractivity contribution in [1.82, 2.24) is 0 Å². The summed E-state index contributed by atoms with van der Waals surface area (Å²) >= 11 is 0. The van der Waals surface area contributed by atoms with Gasteiger partial charge < -0.3 is 20.1 Å². The molecule has 0 spiro atoms. The highest BCUT2D eigenvalue weighted by atomic mass is 16.5. The lowest BCUT2D eigenvalue weighted by Gasteiger charge is -2.14. The van der Waals surface area contributed by atoms with Gasteiger partial charge in [0.1, 0.15) is 11.5 Å². The number of rotatable bonds is 7. The molecule has 2 amide bonds. The van der Waals surface area contributed by atoms with Gasteiger partial charge in [-0.3, -0.25) is 9.59 Å². The first-order chi connectivity index (χ1) is 14.9. The lowest BCUT2D eigenvalue weighted by atomic mass is 10.2.